The lowest BCUT2D eigenvalue weighted by Crippen LogP contribution is -2.60. The number of aldehydes is 1. The summed E-state index contributed by atoms with van der Waals surface area (Å²) in [5.74, 6) is -4.34. The van der Waals surface area contributed by atoms with Crippen LogP contribution in [-0.4, -0.2) is 107 Å². The van der Waals surface area contributed by atoms with Gasteiger partial charge < -0.3 is 58.7 Å². The molecular weight excluding hydrogens is 548 g/mol. The van der Waals surface area contributed by atoms with Gasteiger partial charge in [0.05, 0.1) is 25.6 Å². The number of allylic oxidation sites excluding steroid dienone is 1. The number of aliphatic hydroxyl groups is 5. The summed E-state index contributed by atoms with van der Waals surface area (Å²) >= 11 is 0. The number of esters is 2. The molecule has 0 aromatic rings. The second-order valence-corrected chi connectivity index (χ2v) is 10.5. The third kappa shape index (κ3) is 6.04. The van der Waals surface area contributed by atoms with Gasteiger partial charge in [-0.15, -0.1) is 6.58 Å². The molecule has 0 aromatic carbocycles. The van der Waals surface area contributed by atoms with E-state index in [1.165, 1.54) is 13.2 Å². The minimum absolute atomic E-state index is 0.0281. The van der Waals surface area contributed by atoms with Crippen molar-refractivity contribution in [2.45, 2.75) is 69.2 Å². The maximum atomic E-state index is 13.4. The molecule has 228 valence electrons. The van der Waals surface area contributed by atoms with Gasteiger partial charge in [0.25, 0.3) is 0 Å². The Morgan fingerprint density at radius 2 is 1.85 bits per heavy atom. The molecule has 0 aromatic heterocycles. The van der Waals surface area contributed by atoms with Gasteiger partial charge in [0.15, 0.2) is 6.29 Å². The number of aliphatic hydroxyl groups excluding tert-OH is 5. The SMILES string of the molecule is C=CC1C(OC2OC(CO)C(O)C(O)C2O)OC=C(C(=O)OC2CC3C=C(C(=O)OC)OC(O)C3C2C)C1CC=O. The van der Waals surface area contributed by atoms with Crippen LogP contribution in [0.4, 0.5) is 0 Å². The molecule has 0 radical (unpaired) electrons. The van der Waals surface area contributed by atoms with Gasteiger partial charge in [-0.3, -0.25) is 0 Å². The monoisotopic (exact) mass is 584 g/mol. The highest BCUT2D eigenvalue weighted by molar-refractivity contribution is 5.89. The fourth-order valence-corrected chi connectivity index (χ4v) is 5.96. The van der Waals surface area contributed by atoms with Crippen LogP contribution in [0.2, 0.25) is 0 Å². The maximum absolute atomic E-state index is 13.4. The first-order chi connectivity index (χ1) is 19.6. The van der Waals surface area contributed by atoms with Gasteiger partial charge in [-0.2, -0.15) is 0 Å². The topological polar surface area (TPSA) is 208 Å². The Labute approximate surface area is 235 Å². The van der Waals surface area contributed by atoms with Crippen LogP contribution in [0, 0.1) is 29.6 Å². The van der Waals surface area contributed by atoms with E-state index in [2.05, 4.69) is 11.3 Å². The van der Waals surface area contributed by atoms with Crippen LogP contribution in [0.15, 0.2) is 36.3 Å². The van der Waals surface area contributed by atoms with Gasteiger partial charge in [-0.1, -0.05) is 13.0 Å². The van der Waals surface area contributed by atoms with E-state index >= 15 is 0 Å². The molecule has 14 heteroatoms. The smallest absolute Gasteiger partial charge is 0.373 e. The molecule has 13 unspecified atom stereocenters. The molecular formula is C27H36O14. The van der Waals surface area contributed by atoms with E-state index in [0.29, 0.717) is 12.7 Å². The third-order valence-electron chi connectivity index (χ3n) is 8.26. The molecule has 3 heterocycles. The molecule has 3 aliphatic heterocycles. The number of ether oxygens (including phenoxy) is 6. The highest BCUT2D eigenvalue weighted by atomic mass is 16.8. The number of fused-ring (bicyclic) bond motifs is 1. The number of methoxy groups -OCH3 is 1. The number of hydrogen-bond acceptors (Lipinski definition) is 14. The summed E-state index contributed by atoms with van der Waals surface area (Å²) in [5.41, 5.74) is 0.0281. The predicted octanol–water partition coefficient (Wildman–Crippen LogP) is -1.36. The number of carbonyl (C=O) groups is 3. The normalized spacial score (nSPS) is 42.0. The third-order valence-corrected chi connectivity index (χ3v) is 8.26. The van der Waals surface area contributed by atoms with Gasteiger partial charge in [0, 0.05) is 30.1 Å². The molecule has 4 rings (SSSR count). The quantitative estimate of drug-likeness (QED) is 0.121. The second kappa shape index (κ2) is 13.0. The minimum Gasteiger partial charge on any atom is -0.471 e. The van der Waals surface area contributed by atoms with Crippen molar-refractivity contribution in [3.8, 4) is 0 Å². The zero-order chi connectivity index (χ0) is 30.0. The lowest BCUT2D eigenvalue weighted by atomic mass is 9.82. The Kier molecular flexibility index (Phi) is 9.85. The molecule has 1 saturated carbocycles. The van der Waals surface area contributed by atoms with Crippen LogP contribution in [0.25, 0.3) is 0 Å². The molecule has 5 N–H and O–H groups in total. The molecule has 1 saturated heterocycles. The van der Waals surface area contributed by atoms with Gasteiger partial charge in [0.1, 0.15) is 36.8 Å². The Balaban J connectivity index is 1.49. The molecule has 0 amide bonds. The highest BCUT2D eigenvalue weighted by Crippen LogP contribution is 2.46. The van der Waals surface area contributed by atoms with Gasteiger partial charge in [-0.25, -0.2) is 9.59 Å². The molecule has 4 aliphatic rings. The standard InChI is InChI=1S/C27H36O14/c1-4-13-14(5-6-28)15(10-37-26(13)41-27-22(32)21(31)20(30)18(9-29)40-27)23(33)38-16-7-12-8-17(24(34)36-3)39-25(35)19(12)11(16)2/h4,6,8,10-14,16,18-22,25-27,29-32,35H,1,5,7,9H2,2-3H3. The van der Waals surface area contributed by atoms with Crippen molar-refractivity contribution in [3.63, 3.8) is 0 Å². The fraction of sp³-hybridized carbons (Fsp3) is 0.667. The van der Waals surface area contributed by atoms with E-state index < -0.39 is 85.7 Å². The van der Waals surface area contributed by atoms with Gasteiger partial charge in [-0.05, 0) is 18.4 Å². The van der Waals surface area contributed by atoms with E-state index in [4.69, 9.17) is 23.7 Å². The lowest BCUT2D eigenvalue weighted by molar-refractivity contribution is -0.339. The second-order valence-electron chi connectivity index (χ2n) is 10.5. The Bertz CT molecular complexity index is 1050. The van der Waals surface area contributed by atoms with Crippen molar-refractivity contribution in [2.24, 2.45) is 29.6 Å². The summed E-state index contributed by atoms with van der Waals surface area (Å²) in [6.07, 6.45) is -6.05. The van der Waals surface area contributed by atoms with E-state index in [0.717, 1.165) is 6.26 Å². The van der Waals surface area contributed by atoms with Crippen LogP contribution >= 0.6 is 0 Å². The van der Waals surface area contributed by atoms with E-state index in [9.17, 15) is 39.9 Å². The van der Waals surface area contributed by atoms with E-state index in [1.54, 1.807) is 13.0 Å². The maximum Gasteiger partial charge on any atom is 0.373 e. The first kappa shape index (κ1) is 31.1. The van der Waals surface area contributed by atoms with Crippen molar-refractivity contribution in [1.82, 2.24) is 0 Å². The molecule has 1 aliphatic carbocycles. The zero-order valence-electron chi connectivity index (χ0n) is 22.6. The van der Waals surface area contributed by atoms with Crippen LogP contribution in [0.5, 0.6) is 0 Å². The van der Waals surface area contributed by atoms with Crippen molar-refractivity contribution >= 4 is 18.2 Å². The first-order valence-corrected chi connectivity index (χ1v) is 13.3. The average molecular weight is 585 g/mol. The predicted molar refractivity (Wildman–Crippen MR) is 133 cm³/mol. The van der Waals surface area contributed by atoms with Crippen molar-refractivity contribution < 1.29 is 68.3 Å². The van der Waals surface area contributed by atoms with Crippen LogP contribution < -0.4 is 0 Å². The average Bonchev–Trinajstić information content (AvgIpc) is 3.27. The largest absolute Gasteiger partial charge is 0.471 e. The molecule has 41 heavy (non-hydrogen) atoms. The Morgan fingerprint density at radius 3 is 2.49 bits per heavy atom. The van der Waals surface area contributed by atoms with E-state index in [-0.39, 0.29) is 29.6 Å². The minimum atomic E-state index is -1.69. The number of hydrogen-bond donors (Lipinski definition) is 5. The van der Waals surface area contributed by atoms with Gasteiger partial charge >= 0.3 is 11.9 Å². The molecule has 2 fully saturated rings. The van der Waals surface area contributed by atoms with Gasteiger partial charge in [0.2, 0.25) is 18.3 Å². The number of rotatable bonds is 9. The van der Waals surface area contributed by atoms with Crippen molar-refractivity contribution in [2.75, 3.05) is 13.7 Å². The fourth-order valence-electron chi connectivity index (χ4n) is 5.96. The lowest BCUT2D eigenvalue weighted by Gasteiger charge is -2.43. The summed E-state index contributed by atoms with van der Waals surface area (Å²) in [6, 6.07) is 0. The Morgan fingerprint density at radius 1 is 1.12 bits per heavy atom. The summed E-state index contributed by atoms with van der Waals surface area (Å²) in [4.78, 5) is 36.9. The Hall–Kier alpha value is -2.85. The zero-order valence-corrected chi connectivity index (χ0v) is 22.6. The molecule has 0 bridgehead atoms. The van der Waals surface area contributed by atoms with Crippen molar-refractivity contribution in [3.05, 3.63) is 36.3 Å². The summed E-state index contributed by atoms with van der Waals surface area (Å²) in [6.45, 7) is 4.89. The van der Waals surface area contributed by atoms with Crippen molar-refractivity contribution in [1.29, 1.82) is 0 Å². The van der Waals surface area contributed by atoms with Crippen LogP contribution in [0.3, 0.4) is 0 Å². The summed E-state index contributed by atoms with van der Waals surface area (Å²) < 4.78 is 32.5. The summed E-state index contributed by atoms with van der Waals surface area (Å²) in [5, 5.41) is 50.4. The molecule has 13 atom stereocenters. The van der Waals surface area contributed by atoms with Crippen LogP contribution in [-0.2, 0) is 42.8 Å². The highest BCUT2D eigenvalue weighted by Gasteiger charge is 2.51. The first-order valence-electron chi connectivity index (χ1n) is 13.3. The number of carbonyl (C=O) groups excluding carboxylic acids is 3. The molecule has 14 nitrogen and oxygen atoms in total. The summed E-state index contributed by atoms with van der Waals surface area (Å²) in [7, 11) is 1.19. The van der Waals surface area contributed by atoms with E-state index in [1.807, 2.05) is 0 Å². The molecule has 0 spiro atoms. The van der Waals surface area contributed by atoms with Crippen LogP contribution in [0.1, 0.15) is 19.8 Å².